The molecule has 1 saturated carbocycles. The van der Waals surface area contributed by atoms with Gasteiger partial charge in [-0.1, -0.05) is 6.07 Å². The van der Waals surface area contributed by atoms with Crippen LogP contribution in [0.4, 0.5) is 0 Å². The zero-order valence-corrected chi connectivity index (χ0v) is 12.9. The van der Waals surface area contributed by atoms with Crippen molar-refractivity contribution in [3.8, 4) is 0 Å². The Balaban J connectivity index is 1.83. The number of hydrogen-bond donors (Lipinski definition) is 1. The highest BCUT2D eigenvalue weighted by Gasteiger charge is 2.28. The molecule has 0 bridgehead atoms. The summed E-state index contributed by atoms with van der Waals surface area (Å²) in [5.74, 6) is 0. The van der Waals surface area contributed by atoms with E-state index in [1.54, 1.807) is 20.2 Å². The predicted octanol–water partition coefficient (Wildman–Crippen LogP) is 1.03. The van der Waals surface area contributed by atoms with E-state index in [1.165, 1.54) is 17.1 Å². The molecule has 1 unspecified atom stereocenters. The van der Waals surface area contributed by atoms with E-state index < -0.39 is 15.3 Å². The predicted molar refractivity (Wildman–Crippen MR) is 80.0 cm³/mol. The fourth-order valence-electron chi connectivity index (χ4n) is 1.98. The van der Waals surface area contributed by atoms with Gasteiger partial charge in [0, 0.05) is 44.5 Å². The van der Waals surface area contributed by atoms with E-state index in [4.69, 9.17) is 0 Å². The van der Waals surface area contributed by atoms with Crippen molar-refractivity contribution in [2.45, 2.75) is 37.5 Å². The maximum atomic E-state index is 12.4. The molecule has 1 aliphatic carbocycles. The van der Waals surface area contributed by atoms with Crippen molar-refractivity contribution < 1.29 is 8.42 Å². The minimum atomic E-state index is -3.23. The number of nitrogens with one attached hydrogen (secondary N) is 1. The Morgan fingerprint density at radius 1 is 1.45 bits per heavy atom. The molecule has 1 fully saturated rings. The van der Waals surface area contributed by atoms with Gasteiger partial charge in [0.2, 0.25) is 10.0 Å². The summed E-state index contributed by atoms with van der Waals surface area (Å²) in [6, 6.07) is 6.22. The maximum absolute atomic E-state index is 12.4. The van der Waals surface area contributed by atoms with E-state index in [1.807, 2.05) is 18.2 Å². The van der Waals surface area contributed by atoms with E-state index in [-0.39, 0.29) is 0 Å². The van der Waals surface area contributed by atoms with Crippen LogP contribution in [0.3, 0.4) is 0 Å². The molecule has 2 rings (SSSR count). The molecule has 1 N–H and O–H groups in total. The second kappa shape index (κ2) is 6.65. The van der Waals surface area contributed by atoms with Crippen molar-refractivity contribution in [2.24, 2.45) is 0 Å². The average molecular weight is 297 g/mol. The SMILES string of the molecule is CC(CNC1CC1)S(=O)(=O)N(C)CCc1ccccn1. The Morgan fingerprint density at radius 2 is 2.20 bits per heavy atom. The van der Waals surface area contributed by atoms with Crippen LogP contribution in [0.25, 0.3) is 0 Å². The smallest absolute Gasteiger partial charge is 0.217 e. The van der Waals surface area contributed by atoms with Crippen molar-refractivity contribution in [1.82, 2.24) is 14.6 Å². The lowest BCUT2D eigenvalue weighted by Crippen LogP contribution is -2.41. The Hall–Kier alpha value is -0.980. The maximum Gasteiger partial charge on any atom is 0.217 e. The summed E-state index contributed by atoms with van der Waals surface area (Å²) in [4.78, 5) is 4.21. The Morgan fingerprint density at radius 3 is 2.80 bits per heavy atom. The number of aromatic nitrogens is 1. The number of pyridine rings is 1. The van der Waals surface area contributed by atoms with Gasteiger partial charge in [-0.15, -0.1) is 0 Å². The molecule has 0 aliphatic heterocycles. The van der Waals surface area contributed by atoms with Gasteiger partial charge >= 0.3 is 0 Å². The van der Waals surface area contributed by atoms with E-state index in [0.717, 1.165) is 5.69 Å². The van der Waals surface area contributed by atoms with Crippen LogP contribution in [0.2, 0.25) is 0 Å². The standard InChI is InChI=1S/C14H23N3O2S/c1-12(11-16-14-6-7-14)20(18,19)17(2)10-8-13-5-3-4-9-15-13/h3-5,9,12,14,16H,6-8,10-11H2,1-2H3. The van der Waals surface area contributed by atoms with Gasteiger partial charge < -0.3 is 5.32 Å². The summed E-state index contributed by atoms with van der Waals surface area (Å²) in [5.41, 5.74) is 0.915. The largest absolute Gasteiger partial charge is 0.313 e. The van der Waals surface area contributed by atoms with Crippen LogP contribution < -0.4 is 5.32 Å². The molecule has 112 valence electrons. The lowest BCUT2D eigenvalue weighted by atomic mass is 10.3. The topological polar surface area (TPSA) is 62.3 Å². The van der Waals surface area contributed by atoms with Crippen molar-refractivity contribution in [2.75, 3.05) is 20.1 Å². The molecular weight excluding hydrogens is 274 g/mol. The molecule has 5 nitrogen and oxygen atoms in total. The van der Waals surface area contributed by atoms with Gasteiger partial charge in [-0.25, -0.2) is 12.7 Å². The molecule has 1 aromatic heterocycles. The molecule has 0 saturated heterocycles. The highest BCUT2D eigenvalue weighted by atomic mass is 32.2. The first-order valence-electron chi connectivity index (χ1n) is 7.08. The number of hydrogen-bond acceptors (Lipinski definition) is 4. The first-order chi connectivity index (χ1) is 9.50. The third kappa shape index (κ3) is 4.26. The van der Waals surface area contributed by atoms with Crippen LogP contribution in [0.15, 0.2) is 24.4 Å². The summed E-state index contributed by atoms with van der Waals surface area (Å²) in [6.07, 6.45) is 4.70. The summed E-state index contributed by atoms with van der Waals surface area (Å²) in [5, 5.41) is 2.88. The molecule has 0 spiro atoms. The Bertz CT molecular complexity index is 514. The molecular formula is C14H23N3O2S. The average Bonchev–Trinajstić information content (AvgIpc) is 3.27. The van der Waals surface area contributed by atoms with E-state index in [9.17, 15) is 8.42 Å². The molecule has 0 aromatic carbocycles. The fraction of sp³-hybridized carbons (Fsp3) is 0.643. The highest BCUT2D eigenvalue weighted by molar-refractivity contribution is 7.89. The molecule has 1 heterocycles. The number of rotatable bonds is 8. The van der Waals surface area contributed by atoms with Crippen LogP contribution >= 0.6 is 0 Å². The third-order valence-electron chi connectivity index (χ3n) is 3.62. The van der Waals surface area contributed by atoms with Crippen LogP contribution in [0.5, 0.6) is 0 Å². The van der Waals surface area contributed by atoms with E-state index in [2.05, 4.69) is 10.3 Å². The summed E-state index contributed by atoms with van der Waals surface area (Å²) in [7, 11) is -1.59. The zero-order valence-electron chi connectivity index (χ0n) is 12.1. The van der Waals surface area contributed by atoms with E-state index in [0.29, 0.717) is 25.6 Å². The van der Waals surface area contributed by atoms with Gasteiger partial charge in [0.25, 0.3) is 0 Å². The minimum absolute atomic E-state index is 0.392. The first-order valence-corrected chi connectivity index (χ1v) is 8.59. The van der Waals surface area contributed by atoms with Gasteiger partial charge in [0.05, 0.1) is 5.25 Å². The monoisotopic (exact) mass is 297 g/mol. The van der Waals surface area contributed by atoms with Crippen molar-refractivity contribution in [3.63, 3.8) is 0 Å². The fourth-order valence-corrected chi connectivity index (χ4v) is 3.24. The van der Waals surface area contributed by atoms with Gasteiger partial charge in [0.15, 0.2) is 0 Å². The summed E-state index contributed by atoms with van der Waals surface area (Å²) in [6.45, 7) is 2.76. The molecule has 0 radical (unpaired) electrons. The number of likely N-dealkylation sites (N-methyl/N-ethyl adjacent to an activating group) is 1. The van der Waals surface area contributed by atoms with Crippen molar-refractivity contribution in [1.29, 1.82) is 0 Å². The number of sulfonamides is 1. The molecule has 0 amide bonds. The van der Waals surface area contributed by atoms with Gasteiger partial charge in [-0.2, -0.15) is 0 Å². The second-order valence-corrected chi connectivity index (χ2v) is 7.89. The highest BCUT2D eigenvalue weighted by Crippen LogP contribution is 2.19. The third-order valence-corrected chi connectivity index (χ3v) is 5.86. The Labute approximate surface area is 121 Å². The van der Waals surface area contributed by atoms with Crippen LogP contribution in [-0.4, -0.2) is 49.1 Å². The lowest BCUT2D eigenvalue weighted by molar-refractivity contribution is 0.458. The minimum Gasteiger partial charge on any atom is -0.313 e. The van der Waals surface area contributed by atoms with E-state index >= 15 is 0 Å². The Kier molecular flexibility index (Phi) is 5.12. The van der Waals surface area contributed by atoms with Crippen molar-refractivity contribution >= 4 is 10.0 Å². The van der Waals surface area contributed by atoms with Crippen LogP contribution in [-0.2, 0) is 16.4 Å². The van der Waals surface area contributed by atoms with Gasteiger partial charge in [-0.3, -0.25) is 4.98 Å². The quantitative estimate of drug-likeness (QED) is 0.778. The first kappa shape index (κ1) is 15.4. The van der Waals surface area contributed by atoms with Crippen molar-refractivity contribution in [3.05, 3.63) is 30.1 Å². The van der Waals surface area contributed by atoms with Crippen LogP contribution in [0.1, 0.15) is 25.5 Å². The molecule has 1 atom stereocenters. The lowest BCUT2D eigenvalue weighted by Gasteiger charge is -2.22. The summed E-state index contributed by atoms with van der Waals surface area (Å²) >= 11 is 0. The van der Waals surface area contributed by atoms with Gasteiger partial charge in [-0.05, 0) is 31.9 Å². The normalized spacial score (nSPS) is 17.4. The molecule has 20 heavy (non-hydrogen) atoms. The molecule has 1 aromatic rings. The summed E-state index contributed by atoms with van der Waals surface area (Å²) < 4.78 is 26.1. The molecule has 6 heteroatoms. The molecule has 1 aliphatic rings. The zero-order chi connectivity index (χ0) is 14.6. The van der Waals surface area contributed by atoms with Crippen LogP contribution in [0, 0.1) is 0 Å². The second-order valence-electron chi connectivity index (χ2n) is 5.43. The number of nitrogens with zero attached hydrogens (tertiary/aromatic N) is 2. The van der Waals surface area contributed by atoms with Gasteiger partial charge in [0.1, 0.15) is 0 Å².